The lowest BCUT2D eigenvalue weighted by Crippen LogP contribution is -2.36. The molecular formula is C18H21N5O4S. The zero-order valence-corrected chi connectivity index (χ0v) is 16.4. The van der Waals surface area contributed by atoms with Gasteiger partial charge >= 0.3 is 6.09 Å². The van der Waals surface area contributed by atoms with Crippen LogP contribution in [-0.4, -0.2) is 48.0 Å². The molecule has 0 saturated heterocycles. The maximum absolute atomic E-state index is 12.3. The van der Waals surface area contributed by atoms with Crippen molar-refractivity contribution in [3.63, 3.8) is 0 Å². The van der Waals surface area contributed by atoms with Crippen molar-refractivity contribution in [1.82, 2.24) is 9.88 Å². The first-order valence-electron chi connectivity index (χ1n) is 8.66. The van der Waals surface area contributed by atoms with Gasteiger partial charge in [0.2, 0.25) is 11.8 Å². The molecule has 148 valence electrons. The minimum atomic E-state index is -0.549. The summed E-state index contributed by atoms with van der Waals surface area (Å²) in [4.78, 5) is 42.1. The number of nitrogens with zero attached hydrogens (tertiary/aromatic N) is 2. The Morgan fingerprint density at radius 1 is 1.14 bits per heavy atom. The van der Waals surface area contributed by atoms with Gasteiger partial charge in [-0.05, 0) is 24.3 Å². The van der Waals surface area contributed by atoms with Gasteiger partial charge in [-0.1, -0.05) is 11.3 Å². The van der Waals surface area contributed by atoms with E-state index in [1.165, 1.54) is 25.4 Å². The molecule has 3 amide bonds. The highest BCUT2D eigenvalue weighted by atomic mass is 32.1. The first-order chi connectivity index (χ1) is 13.4. The van der Waals surface area contributed by atoms with Gasteiger partial charge in [0.1, 0.15) is 0 Å². The Labute approximate surface area is 166 Å². The van der Waals surface area contributed by atoms with Crippen LogP contribution in [0.4, 0.5) is 21.3 Å². The van der Waals surface area contributed by atoms with E-state index < -0.39 is 6.09 Å². The number of hydrogen-bond acceptors (Lipinski definition) is 7. The largest absolute Gasteiger partial charge is 0.453 e. The summed E-state index contributed by atoms with van der Waals surface area (Å²) in [7, 11) is 1.30. The number of thiazole rings is 1. The second kappa shape index (κ2) is 8.81. The third kappa shape index (κ3) is 5.27. The fourth-order valence-corrected chi connectivity index (χ4v) is 3.86. The molecule has 1 aromatic heterocycles. The number of nitrogens with one attached hydrogen (secondary N) is 3. The highest BCUT2D eigenvalue weighted by molar-refractivity contribution is 7.15. The van der Waals surface area contributed by atoms with Crippen LogP contribution < -0.4 is 16.0 Å². The quantitative estimate of drug-likeness (QED) is 0.706. The summed E-state index contributed by atoms with van der Waals surface area (Å²) in [6.07, 6.45) is 0.166. The van der Waals surface area contributed by atoms with Crippen LogP contribution in [0, 0.1) is 0 Å². The normalized spacial score (nSPS) is 13.4. The number of aromatic nitrogens is 1. The predicted octanol–water partition coefficient (Wildman–Crippen LogP) is 2.28. The second-order valence-corrected chi connectivity index (χ2v) is 7.36. The molecule has 2 heterocycles. The highest BCUT2D eigenvalue weighted by Crippen LogP contribution is 2.28. The average Bonchev–Trinajstić information content (AvgIpc) is 3.04. The van der Waals surface area contributed by atoms with Gasteiger partial charge in [0.25, 0.3) is 0 Å². The molecular weight excluding hydrogens is 382 g/mol. The molecule has 1 aliphatic rings. The Bertz CT molecular complexity index is 881. The Balaban J connectivity index is 1.53. The molecule has 0 aliphatic carbocycles. The number of benzene rings is 1. The molecule has 3 N–H and O–H groups in total. The van der Waals surface area contributed by atoms with Gasteiger partial charge in [-0.3, -0.25) is 19.8 Å². The number of hydrogen-bond donors (Lipinski definition) is 3. The summed E-state index contributed by atoms with van der Waals surface area (Å²) >= 11 is 1.39. The second-order valence-electron chi connectivity index (χ2n) is 6.27. The Kier molecular flexibility index (Phi) is 6.22. The summed E-state index contributed by atoms with van der Waals surface area (Å²) in [5.41, 5.74) is 2.29. The van der Waals surface area contributed by atoms with Crippen molar-refractivity contribution >= 4 is 45.8 Å². The van der Waals surface area contributed by atoms with E-state index in [0.29, 0.717) is 36.0 Å². The number of ether oxygens (including phenoxy) is 1. The molecule has 0 saturated carbocycles. The van der Waals surface area contributed by atoms with Crippen LogP contribution in [0.3, 0.4) is 0 Å². The molecule has 10 heteroatoms. The predicted molar refractivity (Wildman–Crippen MR) is 106 cm³/mol. The lowest BCUT2D eigenvalue weighted by atomic mass is 10.2. The Morgan fingerprint density at radius 3 is 2.46 bits per heavy atom. The third-order valence-corrected chi connectivity index (χ3v) is 5.06. The van der Waals surface area contributed by atoms with Crippen molar-refractivity contribution < 1.29 is 19.1 Å². The maximum Gasteiger partial charge on any atom is 0.413 e. The average molecular weight is 403 g/mol. The van der Waals surface area contributed by atoms with Gasteiger partial charge in [0, 0.05) is 42.7 Å². The zero-order valence-electron chi connectivity index (χ0n) is 15.6. The van der Waals surface area contributed by atoms with Crippen LogP contribution in [0.2, 0.25) is 0 Å². The van der Waals surface area contributed by atoms with Gasteiger partial charge < -0.3 is 15.4 Å². The summed E-state index contributed by atoms with van der Waals surface area (Å²) in [6, 6.07) is 6.95. The highest BCUT2D eigenvalue weighted by Gasteiger charge is 2.23. The van der Waals surface area contributed by atoms with Crippen LogP contribution >= 0.6 is 11.3 Å². The topological polar surface area (TPSA) is 113 Å². The van der Waals surface area contributed by atoms with Crippen LogP contribution in [0.15, 0.2) is 24.3 Å². The van der Waals surface area contributed by atoms with Crippen molar-refractivity contribution in [3.05, 3.63) is 34.8 Å². The molecule has 0 unspecified atom stereocenters. The summed E-state index contributed by atoms with van der Waals surface area (Å²) in [5.74, 6) is -0.262. The summed E-state index contributed by atoms with van der Waals surface area (Å²) < 4.78 is 4.58. The molecule has 0 spiro atoms. The Hall–Kier alpha value is -2.98. The van der Waals surface area contributed by atoms with Crippen molar-refractivity contribution in [1.29, 1.82) is 0 Å². The minimum absolute atomic E-state index is 0.117. The summed E-state index contributed by atoms with van der Waals surface area (Å²) in [6.45, 7) is 3.01. The molecule has 2 aromatic rings. The molecule has 1 aromatic carbocycles. The number of carbonyl (C=O) groups excluding carboxylic acids is 3. The molecule has 0 bridgehead atoms. The molecule has 1 aliphatic heterocycles. The first kappa shape index (κ1) is 19.8. The van der Waals surface area contributed by atoms with Gasteiger partial charge in [-0.15, -0.1) is 0 Å². The van der Waals surface area contributed by atoms with E-state index in [-0.39, 0.29) is 18.4 Å². The first-order valence-corrected chi connectivity index (χ1v) is 9.48. The van der Waals surface area contributed by atoms with E-state index >= 15 is 0 Å². The number of methoxy groups -OCH3 is 1. The van der Waals surface area contributed by atoms with Gasteiger partial charge in [-0.25, -0.2) is 9.78 Å². The molecule has 9 nitrogen and oxygen atoms in total. The number of anilines is 3. The number of amides is 3. The molecule has 0 fully saturated rings. The molecule has 3 rings (SSSR count). The Morgan fingerprint density at radius 2 is 1.82 bits per heavy atom. The zero-order chi connectivity index (χ0) is 20.1. The molecule has 0 radical (unpaired) electrons. The van der Waals surface area contributed by atoms with Crippen molar-refractivity contribution in [3.8, 4) is 0 Å². The monoisotopic (exact) mass is 403 g/mol. The minimum Gasteiger partial charge on any atom is -0.453 e. The smallest absolute Gasteiger partial charge is 0.413 e. The maximum atomic E-state index is 12.3. The van der Waals surface area contributed by atoms with E-state index in [0.717, 1.165) is 10.6 Å². The van der Waals surface area contributed by atoms with E-state index in [2.05, 4.69) is 25.7 Å². The van der Waals surface area contributed by atoms with Gasteiger partial charge in [-0.2, -0.15) is 0 Å². The van der Waals surface area contributed by atoms with Crippen molar-refractivity contribution in [2.24, 2.45) is 0 Å². The van der Waals surface area contributed by atoms with Crippen LogP contribution in [0.1, 0.15) is 17.5 Å². The number of fused-ring (bicyclic) bond motifs is 1. The SMILES string of the molecule is COC(=O)Nc1nc2c(s1)CN(CC(=O)Nc1ccc(NC(C)=O)cc1)CC2. The van der Waals surface area contributed by atoms with Crippen molar-refractivity contribution in [2.75, 3.05) is 36.1 Å². The van der Waals surface area contributed by atoms with E-state index in [1.54, 1.807) is 24.3 Å². The summed E-state index contributed by atoms with van der Waals surface area (Å²) in [5, 5.41) is 8.61. The van der Waals surface area contributed by atoms with Gasteiger partial charge in [0.05, 0.1) is 19.3 Å². The van der Waals surface area contributed by atoms with Gasteiger partial charge in [0.15, 0.2) is 5.13 Å². The van der Waals surface area contributed by atoms with Crippen LogP contribution in [0.5, 0.6) is 0 Å². The van der Waals surface area contributed by atoms with E-state index in [9.17, 15) is 14.4 Å². The molecule has 28 heavy (non-hydrogen) atoms. The standard InChI is InChI=1S/C18H21N5O4S/c1-11(24)19-12-3-5-13(6-4-12)20-16(25)10-23-8-7-14-15(9-23)28-17(21-14)22-18(26)27-2/h3-6H,7-10H2,1-2H3,(H,19,24)(H,20,25)(H,21,22,26). The number of rotatable bonds is 5. The fraction of sp³-hybridized carbons (Fsp3) is 0.333. The van der Waals surface area contributed by atoms with Crippen molar-refractivity contribution in [2.45, 2.75) is 19.9 Å². The van der Waals surface area contributed by atoms with Crippen LogP contribution in [0.25, 0.3) is 0 Å². The van der Waals surface area contributed by atoms with E-state index in [1.807, 2.05) is 4.90 Å². The molecule has 0 atom stereocenters. The lowest BCUT2D eigenvalue weighted by molar-refractivity contribution is -0.117. The third-order valence-electron chi connectivity index (χ3n) is 4.06. The van der Waals surface area contributed by atoms with Crippen LogP contribution in [-0.2, 0) is 27.3 Å². The lowest BCUT2D eigenvalue weighted by Gasteiger charge is -2.25. The van der Waals surface area contributed by atoms with E-state index in [4.69, 9.17) is 0 Å². The number of carbonyl (C=O) groups is 3. The fourth-order valence-electron chi connectivity index (χ4n) is 2.82.